The highest BCUT2D eigenvalue weighted by Gasteiger charge is 2.32. The largest absolute Gasteiger partial charge is 0.324 e. The second-order valence-electron chi connectivity index (χ2n) is 8.74. The van der Waals surface area contributed by atoms with Gasteiger partial charge >= 0.3 is 0 Å². The number of allylic oxidation sites excluding steroid dienone is 2. The Morgan fingerprint density at radius 2 is 2.00 bits per heavy atom. The smallest absolute Gasteiger partial charge is 0.0258 e. The van der Waals surface area contributed by atoms with Gasteiger partial charge in [-0.1, -0.05) is 57.9 Å². The molecule has 4 atom stereocenters. The van der Waals surface area contributed by atoms with Crippen LogP contribution in [0.5, 0.6) is 0 Å². The Morgan fingerprint density at radius 3 is 2.57 bits per heavy atom. The molecule has 0 saturated heterocycles. The van der Waals surface area contributed by atoms with Crippen LogP contribution in [0.4, 0.5) is 0 Å². The first kappa shape index (κ1) is 20.5. The van der Waals surface area contributed by atoms with Crippen molar-refractivity contribution in [1.29, 1.82) is 0 Å². The second-order valence-corrected chi connectivity index (χ2v) is 8.74. The summed E-state index contributed by atoms with van der Waals surface area (Å²) < 4.78 is 0. The molecular formula is C22H41N. The molecule has 1 saturated carbocycles. The molecule has 0 spiro atoms. The lowest BCUT2D eigenvalue weighted by Crippen LogP contribution is -2.28. The molecule has 0 bridgehead atoms. The van der Waals surface area contributed by atoms with Gasteiger partial charge in [-0.2, -0.15) is 0 Å². The Kier molecular flexibility index (Phi) is 8.61. The molecule has 1 nitrogen and oxygen atoms in total. The molecule has 1 aliphatic rings. The first-order chi connectivity index (χ1) is 10.8. The van der Waals surface area contributed by atoms with Gasteiger partial charge in [0.25, 0.3) is 0 Å². The highest BCUT2D eigenvalue weighted by Crippen LogP contribution is 2.43. The van der Waals surface area contributed by atoms with Gasteiger partial charge in [-0.3, -0.25) is 0 Å². The van der Waals surface area contributed by atoms with E-state index >= 15 is 0 Å². The fraction of sp³-hybridized carbons (Fsp3) is 0.818. The van der Waals surface area contributed by atoms with E-state index in [1.807, 2.05) is 6.92 Å². The van der Waals surface area contributed by atoms with Crippen LogP contribution in [0.3, 0.4) is 0 Å². The van der Waals surface area contributed by atoms with Crippen LogP contribution >= 0.6 is 0 Å². The molecule has 1 aliphatic carbocycles. The van der Waals surface area contributed by atoms with Crippen molar-refractivity contribution in [1.82, 2.24) is 0 Å². The van der Waals surface area contributed by atoms with E-state index < -0.39 is 0 Å². The van der Waals surface area contributed by atoms with Gasteiger partial charge in [0.1, 0.15) is 0 Å². The number of hydrogen-bond donors (Lipinski definition) is 1. The maximum atomic E-state index is 6.08. The summed E-state index contributed by atoms with van der Waals surface area (Å²) in [6.07, 6.45) is 15.8. The summed E-state index contributed by atoms with van der Waals surface area (Å²) in [5.41, 5.74) is 8.17. The van der Waals surface area contributed by atoms with E-state index in [1.54, 1.807) is 5.57 Å². The average Bonchev–Trinajstić information content (AvgIpc) is 2.47. The predicted molar refractivity (Wildman–Crippen MR) is 104 cm³/mol. The van der Waals surface area contributed by atoms with Gasteiger partial charge in [0.2, 0.25) is 0 Å². The minimum absolute atomic E-state index is 0.179. The lowest BCUT2D eigenvalue weighted by Gasteiger charge is -2.39. The van der Waals surface area contributed by atoms with Crippen LogP contribution in [0.2, 0.25) is 0 Å². The third-order valence-corrected chi connectivity index (χ3v) is 5.88. The Balaban J connectivity index is 2.52. The SMILES string of the molecule is C/C=C\C(N)C/C=C(\C)C1CCC(CC(C)(C)CCC)C(C)C1. The first-order valence-corrected chi connectivity index (χ1v) is 9.84. The van der Waals surface area contributed by atoms with Crippen LogP contribution < -0.4 is 5.73 Å². The normalized spacial score (nSPS) is 28.3. The molecule has 0 aromatic carbocycles. The van der Waals surface area contributed by atoms with Crippen molar-refractivity contribution in [2.24, 2.45) is 28.9 Å². The van der Waals surface area contributed by atoms with Crippen molar-refractivity contribution in [2.45, 2.75) is 92.5 Å². The van der Waals surface area contributed by atoms with Gasteiger partial charge in [0, 0.05) is 6.04 Å². The molecule has 2 N–H and O–H groups in total. The number of hydrogen-bond acceptors (Lipinski definition) is 1. The summed E-state index contributed by atoms with van der Waals surface area (Å²) in [4.78, 5) is 0. The number of nitrogens with two attached hydrogens (primary N) is 1. The molecule has 1 fully saturated rings. The summed E-state index contributed by atoms with van der Waals surface area (Å²) in [7, 11) is 0. The zero-order valence-electron chi connectivity index (χ0n) is 16.6. The van der Waals surface area contributed by atoms with Gasteiger partial charge in [0.15, 0.2) is 0 Å². The molecule has 0 amide bonds. The zero-order valence-corrected chi connectivity index (χ0v) is 16.6. The van der Waals surface area contributed by atoms with E-state index in [9.17, 15) is 0 Å². The van der Waals surface area contributed by atoms with E-state index in [0.29, 0.717) is 5.41 Å². The lowest BCUT2D eigenvalue weighted by atomic mass is 9.67. The molecule has 0 radical (unpaired) electrons. The molecule has 4 unspecified atom stereocenters. The van der Waals surface area contributed by atoms with Crippen LogP contribution in [-0.4, -0.2) is 6.04 Å². The molecule has 134 valence electrons. The molecule has 0 heterocycles. The van der Waals surface area contributed by atoms with Crippen molar-refractivity contribution in [3.63, 3.8) is 0 Å². The highest BCUT2D eigenvalue weighted by atomic mass is 14.6. The standard InChI is InChI=1S/C22H41N/c1-7-9-21(23)13-10-17(3)19-11-12-20(18(4)15-19)16-22(5,6)14-8-2/h7,9-10,18-21H,8,11-16,23H2,1-6H3/b9-7-,17-10+. The van der Waals surface area contributed by atoms with Gasteiger partial charge in [0.05, 0.1) is 0 Å². The van der Waals surface area contributed by atoms with Gasteiger partial charge in [-0.25, -0.2) is 0 Å². The van der Waals surface area contributed by atoms with Crippen LogP contribution in [0, 0.1) is 23.2 Å². The molecular weight excluding hydrogens is 278 g/mol. The third kappa shape index (κ3) is 7.25. The summed E-state index contributed by atoms with van der Waals surface area (Å²) >= 11 is 0. The lowest BCUT2D eigenvalue weighted by molar-refractivity contribution is 0.140. The van der Waals surface area contributed by atoms with E-state index in [0.717, 1.165) is 24.2 Å². The quantitative estimate of drug-likeness (QED) is 0.508. The summed E-state index contributed by atoms with van der Waals surface area (Å²) in [5.74, 6) is 2.57. The monoisotopic (exact) mass is 319 g/mol. The van der Waals surface area contributed by atoms with Crippen LogP contribution in [0.1, 0.15) is 86.5 Å². The average molecular weight is 320 g/mol. The second kappa shape index (κ2) is 9.67. The fourth-order valence-corrected chi connectivity index (χ4v) is 4.48. The van der Waals surface area contributed by atoms with Gasteiger partial charge in [-0.15, -0.1) is 0 Å². The minimum Gasteiger partial charge on any atom is -0.324 e. The van der Waals surface area contributed by atoms with Crippen LogP contribution in [0.15, 0.2) is 23.8 Å². The van der Waals surface area contributed by atoms with E-state index in [2.05, 4.69) is 52.8 Å². The molecule has 0 aliphatic heterocycles. The Morgan fingerprint density at radius 1 is 1.30 bits per heavy atom. The van der Waals surface area contributed by atoms with Crippen molar-refractivity contribution < 1.29 is 0 Å². The summed E-state index contributed by atoms with van der Waals surface area (Å²) in [5, 5.41) is 0. The van der Waals surface area contributed by atoms with Crippen molar-refractivity contribution >= 4 is 0 Å². The van der Waals surface area contributed by atoms with E-state index in [-0.39, 0.29) is 6.04 Å². The Bertz CT molecular complexity index is 391. The fourth-order valence-electron chi connectivity index (χ4n) is 4.48. The maximum Gasteiger partial charge on any atom is 0.0258 e. The first-order valence-electron chi connectivity index (χ1n) is 9.84. The van der Waals surface area contributed by atoms with Crippen LogP contribution in [0.25, 0.3) is 0 Å². The summed E-state index contributed by atoms with van der Waals surface area (Å²) in [6, 6.07) is 0.179. The molecule has 23 heavy (non-hydrogen) atoms. The molecule has 1 heteroatoms. The third-order valence-electron chi connectivity index (χ3n) is 5.88. The predicted octanol–water partition coefficient (Wildman–Crippen LogP) is 6.50. The van der Waals surface area contributed by atoms with Crippen LogP contribution in [-0.2, 0) is 0 Å². The highest BCUT2D eigenvalue weighted by molar-refractivity contribution is 5.08. The summed E-state index contributed by atoms with van der Waals surface area (Å²) in [6.45, 7) is 14.1. The van der Waals surface area contributed by atoms with E-state index in [1.165, 1.54) is 38.5 Å². The Labute approximate surface area is 145 Å². The Hall–Kier alpha value is -0.560. The number of rotatable bonds is 8. The van der Waals surface area contributed by atoms with Gasteiger partial charge in [-0.05, 0) is 75.5 Å². The van der Waals surface area contributed by atoms with Crippen molar-refractivity contribution in [3.8, 4) is 0 Å². The maximum absolute atomic E-state index is 6.08. The zero-order chi connectivity index (χ0) is 17.5. The van der Waals surface area contributed by atoms with Crippen molar-refractivity contribution in [3.05, 3.63) is 23.8 Å². The molecule has 0 aromatic heterocycles. The van der Waals surface area contributed by atoms with Crippen molar-refractivity contribution in [2.75, 3.05) is 0 Å². The van der Waals surface area contributed by atoms with Gasteiger partial charge < -0.3 is 5.73 Å². The molecule has 1 rings (SSSR count). The minimum atomic E-state index is 0.179. The van der Waals surface area contributed by atoms with E-state index in [4.69, 9.17) is 5.73 Å². The molecule has 0 aromatic rings. The topological polar surface area (TPSA) is 26.0 Å².